The summed E-state index contributed by atoms with van der Waals surface area (Å²) in [7, 11) is 0. The van der Waals surface area contributed by atoms with E-state index in [1.54, 1.807) is 0 Å². The molecule has 4 rings (SSSR count). The number of carbonyl (C=O) groups is 1. The Balaban J connectivity index is 1.24. The highest BCUT2D eigenvalue weighted by atomic mass is 16.2. The van der Waals surface area contributed by atoms with Crippen molar-refractivity contribution in [3.05, 3.63) is 18.0 Å². The predicted molar refractivity (Wildman–Crippen MR) is 107 cm³/mol. The zero-order valence-corrected chi connectivity index (χ0v) is 16.7. The van der Waals surface area contributed by atoms with E-state index in [9.17, 15) is 4.79 Å². The van der Waals surface area contributed by atoms with Crippen LogP contribution in [0.15, 0.2) is 12.3 Å². The molecule has 0 radical (unpaired) electrons. The van der Waals surface area contributed by atoms with Crippen LogP contribution in [0.3, 0.4) is 0 Å². The van der Waals surface area contributed by atoms with Crippen LogP contribution in [-0.4, -0.2) is 58.9 Å². The third-order valence-corrected chi connectivity index (χ3v) is 6.85. The molecule has 1 aromatic rings. The van der Waals surface area contributed by atoms with Crippen molar-refractivity contribution in [2.75, 3.05) is 26.2 Å². The van der Waals surface area contributed by atoms with E-state index in [1.807, 2.05) is 16.9 Å². The van der Waals surface area contributed by atoms with E-state index >= 15 is 0 Å². The Hall–Kier alpha value is -1.40. The molecule has 1 saturated carbocycles. The lowest BCUT2D eigenvalue weighted by molar-refractivity contribution is 0.0855. The lowest BCUT2D eigenvalue weighted by Gasteiger charge is -2.40. The van der Waals surface area contributed by atoms with E-state index in [0.717, 1.165) is 44.3 Å². The number of amides is 1. The molecule has 0 spiro atoms. The highest BCUT2D eigenvalue weighted by Gasteiger charge is 2.29. The number of aromatic nitrogens is 2. The normalized spacial score (nSPS) is 30.9. The quantitative estimate of drug-likeness (QED) is 0.852. The van der Waals surface area contributed by atoms with Gasteiger partial charge in [0.1, 0.15) is 5.69 Å². The van der Waals surface area contributed by atoms with Crippen LogP contribution in [0, 0.1) is 5.92 Å². The molecule has 2 aliphatic heterocycles. The maximum Gasteiger partial charge on any atom is 0.271 e. The van der Waals surface area contributed by atoms with Gasteiger partial charge < -0.3 is 15.5 Å². The molecule has 3 heterocycles. The van der Waals surface area contributed by atoms with Gasteiger partial charge in [0, 0.05) is 24.8 Å². The zero-order chi connectivity index (χ0) is 18.6. The summed E-state index contributed by atoms with van der Waals surface area (Å²) in [6.45, 7) is 6.93. The number of piperidine rings is 2. The van der Waals surface area contributed by atoms with Gasteiger partial charge in [0.2, 0.25) is 0 Å². The molecule has 150 valence electrons. The van der Waals surface area contributed by atoms with Crippen molar-refractivity contribution in [2.24, 2.45) is 5.92 Å². The van der Waals surface area contributed by atoms with Crippen LogP contribution >= 0.6 is 0 Å². The smallest absolute Gasteiger partial charge is 0.271 e. The van der Waals surface area contributed by atoms with Crippen molar-refractivity contribution in [1.29, 1.82) is 0 Å². The van der Waals surface area contributed by atoms with Crippen molar-refractivity contribution in [3.63, 3.8) is 0 Å². The fourth-order valence-corrected chi connectivity index (χ4v) is 4.96. The lowest BCUT2D eigenvalue weighted by atomic mass is 9.88. The summed E-state index contributed by atoms with van der Waals surface area (Å²) < 4.78 is 1.97. The van der Waals surface area contributed by atoms with Gasteiger partial charge in [0.15, 0.2) is 0 Å². The summed E-state index contributed by atoms with van der Waals surface area (Å²) in [5.74, 6) is 0.883. The minimum absolute atomic E-state index is 0.00670. The van der Waals surface area contributed by atoms with Gasteiger partial charge in [-0.15, -0.1) is 0 Å². The predicted octanol–water partition coefficient (Wildman–Crippen LogP) is 2.58. The molecule has 27 heavy (non-hydrogen) atoms. The number of rotatable bonds is 4. The number of hydrogen-bond donors (Lipinski definition) is 2. The SMILES string of the molecule is CC1CCN(C2CCC(NC(=O)c3ccn(C4CCCNC4)n3)CC2)CC1. The Kier molecular flexibility index (Phi) is 6.13. The van der Waals surface area contributed by atoms with E-state index in [0.29, 0.717) is 17.8 Å². The average molecular weight is 374 g/mol. The molecule has 1 amide bonds. The summed E-state index contributed by atoms with van der Waals surface area (Å²) in [5.41, 5.74) is 0.563. The van der Waals surface area contributed by atoms with Crippen molar-refractivity contribution in [3.8, 4) is 0 Å². The fourth-order valence-electron chi connectivity index (χ4n) is 4.96. The monoisotopic (exact) mass is 373 g/mol. The van der Waals surface area contributed by atoms with Crippen molar-refractivity contribution in [1.82, 2.24) is 25.3 Å². The zero-order valence-electron chi connectivity index (χ0n) is 16.7. The van der Waals surface area contributed by atoms with Crippen molar-refractivity contribution in [2.45, 2.75) is 76.4 Å². The van der Waals surface area contributed by atoms with Crippen LogP contribution in [0.5, 0.6) is 0 Å². The Morgan fingerprint density at radius 2 is 1.89 bits per heavy atom. The Labute approximate surface area is 163 Å². The van der Waals surface area contributed by atoms with Crippen LogP contribution in [0.1, 0.15) is 74.8 Å². The van der Waals surface area contributed by atoms with Gasteiger partial charge in [-0.1, -0.05) is 6.92 Å². The van der Waals surface area contributed by atoms with Crippen LogP contribution in [0.2, 0.25) is 0 Å². The van der Waals surface area contributed by atoms with E-state index in [1.165, 1.54) is 45.2 Å². The second-order valence-corrected chi connectivity index (χ2v) is 8.88. The molecule has 1 atom stereocenters. The van der Waals surface area contributed by atoms with Crippen LogP contribution in [0.25, 0.3) is 0 Å². The molecule has 2 saturated heterocycles. The lowest BCUT2D eigenvalue weighted by Crippen LogP contribution is -2.46. The molecule has 0 aromatic carbocycles. The first-order valence-corrected chi connectivity index (χ1v) is 11.0. The minimum atomic E-state index is -0.00670. The van der Waals surface area contributed by atoms with Gasteiger partial charge >= 0.3 is 0 Å². The molecule has 1 aliphatic carbocycles. The second-order valence-electron chi connectivity index (χ2n) is 8.88. The first kappa shape index (κ1) is 18.9. The maximum absolute atomic E-state index is 12.6. The summed E-state index contributed by atoms with van der Waals surface area (Å²) in [4.78, 5) is 15.3. The second kappa shape index (κ2) is 8.74. The number of likely N-dealkylation sites (tertiary alicyclic amines) is 1. The van der Waals surface area contributed by atoms with E-state index in [2.05, 4.69) is 27.6 Å². The minimum Gasteiger partial charge on any atom is -0.348 e. The molecule has 6 nitrogen and oxygen atoms in total. The molecule has 2 N–H and O–H groups in total. The number of hydrogen-bond acceptors (Lipinski definition) is 4. The summed E-state index contributed by atoms with van der Waals surface area (Å²) >= 11 is 0. The van der Waals surface area contributed by atoms with Gasteiger partial charge in [-0.2, -0.15) is 5.10 Å². The van der Waals surface area contributed by atoms with E-state index in [4.69, 9.17) is 0 Å². The largest absolute Gasteiger partial charge is 0.348 e. The first-order valence-electron chi connectivity index (χ1n) is 11.0. The third-order valence-electron chi connectivity index (χ3n) is 6.85. The van der Waals surface area contributed by atoms with Gasteiger partial charge in [0.25, 0.3) is 5.91 Å². The standard InChI is InChI=1S/C21H35N5O/c1-16-8-12-25(13-9-16)18-6-4-17(5-7-18)23-21(27)20-10-14-26(24-20)19-3-2-11-22-15-19/h10,14,16-19,22H,2-9,11-13,15H2,1H3,(H,23,27). The average Bonchev–Trinajstić information content (AvgIpc) is 3.20. The molecule has 0 bridgehead atoms. The van der Waals surface area contributed by atoms with E-state index < -0.39 is 0 Å². The number of nitrogens with one attached hydrogen (secondary N) is 2. The van der Waals surface area contributed by atoms with Gasteiger partial charge in [-0.25, -0.2) is 0 Å². The topological polar surface area (TPSA) is 62.2 Å². The number of nitrogens with zero attached hydrogens (tertiary/aromatic N) is 3. The first-order chi connectivity index (χ1) is 13.2. The van der Waals surface area contributed by atoms with Gasteiger partial charge in [0.05, 0.1) is 6.04 Å². The Bertz CT molecular complexity index is 608. The molecule has 3 fully saturated rings. The van der Waals surface area contributed by atoms with Crippen molar-refractivity contribution < 1.29 is 4.79 Å². The Morgan fingerprint density at radius 1 is 1.11 bits per heavy atom. The molecular formula is C21H35N5O. The Morgan fingerprint density at radius 3 is 2.59 bits per heavy atom. The molecule has 1 aromatic heterocycles. The summed E-state index contributed by atoms with van der Waals surface area (Å²) in [6, 6.07) is 3.27. The fraction of sp³-hybridized carbons (Fsp3) is 0.810. The molecule has 1 unspecified atom stereocenters. The summed E-state index contributed by atoms with van der Waals surface area (Å²) in [5, 5.41) is 11.2. The number of carbonyl (C=O) groups excluding carboxylic acids is 1. The molecule has 3 aliphatic rings. The highest BCUT2D eigenvalue weighted by Crippen LogP contribution is 2.27. The van der Waals surface area contributed by atoms with E-state index in [-0.39, 0.29) is 5.91 Å². The molecular weight excluding hydrogens is 338 g/mol. The third kappa shape index (κ3) is 4.72. The maximum atomic E-state index is 12.6. The summed E-state index contributed by atoms with van der Waals surface area (Å²) in [6.07, 6.45) is 11.6. The highest BCUT2D eigenvalue weighted by molar-refractivity contribution is 5.92. The molecule has 6 heteroatoms. The van der Waals surface area contributed by atoms with Gasteiger partial charge in [-0.3, -0.25) is 9.48 Å². The van der Waals surface area contributed by atoms with Crippen LogP contribution < -0.4 is 10.6 Å². The van der Waals surface area contributed by atoms with Crippen LogP contribution in [-0.2, 0) is 0 Å². The van der Waals surface area contributed by atoms with Crippen LogP contribution in [0.4, 0.5) is 0 Å². The van der Waals surface area contributed by atoms with Crippen molar-refractivity contribution >= 4 is 5.91 Å². The van der Waals surface area contributed by atoms with Gasteiger partial charge in [-0.05, 0) is 83.0 Å².